The summed E-state index contributed by atoms with van der Waals surface area (Å²) >= 11 is 0. The minimum absolute atomic E-state index is 0.0152. The first-order valence-corrected chi connectivity index (χ1v) is 24.6. The van der Waals surface area contributed by atoms with Crippen LogP contribution in [-0.4, -0.2) is 128 Å². The summed E-state index contributed by atoms with van der Waals surface area (Å²) in [7, 11) is 1.26. The average molecular weight is 971 g/mol. The van der Waals surface area contributed by atoms with Gasteiger partial charge in [0, 0.05) is 44.4 Å². The fourth-order valence-corrected chi connectivity index (χ4v) is 10.1. The Kier molecular flexibility index (Phi) is 20.4. The number of carboxylic acids is 2. The lowest BCUT2D eigenvalue weighted by Gasteiger charge is -2.37. The van der Waals surface area contributed by atoms with Crippen molar-refractivity contribution in [3.63, 3.8) is 0 Å². The maximum atomic E-state index is 14.9. The van der Waals surface area contributed by atoms with Crippen LogP contribution in [0, 0.1) is 17.8 Å². The first-order chi connectivity index (χ1) is 33.4. The van der Waals surface area contributed by atoms with E-state index in [9.17, 15) is 53.4 Å². The summed E-state index contributed by atoms with van der Waals surface area (Å²) in [6.45, 7) is 3.67. The van der Waals surface area contributed by atoms with Crippen LogP contribution in [0.2, 0.25) is 0 Å². The largest absolute Gasteiger partial charge is 0.481 e. The molecule has 2 heterocycles. The normalized spacial score (nSPS) is 20.2. The van der Waals surface area contributed by atoms with Gasteiger partial charge in [-0.1, -0.05) is 95.2 Å². The molecule has 0 radical (unpaired) electrons. The number of hydrogen-bond donors (Lipinski definition) is 7. The van der Waals surface area contributed by atoms with Crippen LogP contribution in [0.15, 0.2) is 60.9 Å². The van der Waals surface area contributed by atoms with Gasteiger partial charge in [0.2, 0.25) is 41.4 Å². The van der Waals surface area contributed by atoms with Crippen molar-refractivity contribution in [1.82, 2.24) is 36.1 Å². The van der Waals surface area contributed by atoms with Crippen LogP contribution in [0.25, 0.3) is 6.08 Å². The second kappa shape index (κ2) is 26.4. The second-order valence-corrected chi connectivity index (χ2v) is 19.4. The Bertz CT molecular complexity index is 2180. The monoisotopic (exact) mass is 971 g/mol. The summed E-state index contributed by atoms with van der Waals surface area (Å²) in [6.07, 6.45) is 12.3. The van der Waals surface area contributed by atoms with E-state index in [2.05, 4.69) is 26.3 Å². The topological polar surface area (TPSA) is 288 Å². The molecule has 2 saturated carbocycles. The third-order valence-electron chi connectivity index (χ3n) is 13.7. The Hall–Kier alpha value is -6.66. The number of benzene rings is 1. The molecule has 380 valence electrons. The first-order valence-electron chi connectivity index (χ1n) is 24.6. The number of amides is 7. The SMILES string of the molecule is CC(C)C[C@H](NC(=O)[C@H](CC(=O)O)N(C)C(=O)[C@H](CC1CCCCC1)NC(=O)[C@H](CCC(N)=O)NC(=O)/C=C/c1cccnc1)C(=O)N1[C@H](C(=O)N[C@@H](Cc2ccccc2)C(=O)O)C[C@@H]2CCCC[C@@H]21. The molecule has 8 N–H and O–H groups in total. The molecule has 7 amide bonds. The molecule has 0 bridgehead atoms. The van der Waals surface area contributed by atoms with Crippen LogP contribution < -0.4 is 27.0 Å². The predicted octanol–water partition coefficient (Wildman–Crippen LogP) is 3.10. The number of primary amides is 1. The van der Waals surface area contributed by atoms with Gasteiger partial charge in [0.05, 0.1) is 6.42 Å². The molecule has 1 aliphatic heterocycles. The number of carboxylic acid groups (broad SMARTS) is 2. The first kappa shape index (κ1) is 54.3. The van der Waals surface area contributed by atoms with Crippen molar-refractivity contribution >= 4 is 59.4 Å². The number of rotatable bonds is 24. The number of likely N-dealkylation sites (tertiary alicyclic amines) is 1. The molecule has 3 fully saturated rings. The summed E-state index contributed by atoms with van der Waals surface area (Å²) in [5.41, 5.74) is 6.74. The molecule has 2 aromatic rings. The van der Waals surface area contributed by atoms with Gasteiger partial charge in [-0.2, -0.15) is 0 Å². The van der Waals surface area contributed by atoms with Crippen molar-refractivity contribution in [3.8, 4) is 0 Å². The van der Waals surface area contributed by atoms with Crippen molar-refractivity contribution < 1.29 is 53.4 Å². The van der Waals surface area contributed by atoms with E-state index in [1.165, 1.54) is 30.3 Å². The van der Waals surface area contributed by atoms with Crippen molar-refractivity contribution in [2.75, 3.05) is 7.05 Å². The molecule has 19 nitrogen and oxygen atoms in total. The third kappa shape index (κ3) is 15.9. The van der Waals surface area contributed by atoms with Crippen molar-refractivity contribution in [2.24, 2.45) is 23.5 Å². The van der Waals surface area contributed by atoms with Crippen LogP contribution >= 0.6 is 0 Å². The van der Waals surface area contributed by atoms with Gasteiger partial charge >= 0.3 is 11.9 Å². The highest BCUT2D eigenvalue weighted by Crippen LogP contribution is 2.40. The van der Waals surface area contributed by atoms with Crippen LogP contribution in [0.1, 0.15) is 121 Å². The van der Waals surface area contributed by atoms with Gasteiger partial charge in [0.15, 0.2) is 0 Å². The maximum absolute atomic E-state index is 14.9. The van der Waals surface area contributed by atoms with Gasteiger partial charge < -0.3 is 47.0 Å². The molecule has 70 heavy (non-hydrogen) atoms. The minimum atomic E-state index is -1.67. The Balaban J connectivity index is 1.39. The number of hydrogen-bond acceptors (Lipinski definition) is 10. The average Bonchev–Trinajstić information content (AvgIpc) is 3.73. The minimum Gasteiger partial charge on any atom is -0.481 e. The second-order valence-electron chi connectivity index (χ2n) is 19.4. The number of nitrogens with one attached hydrogen (secondary N) is 4. The quantitative estimate of drug-likeness (QED) is 0.0748. The van der Waals surface area contributed by atoms with Crippen molar-refractivity contribution in [2.45, 2.75) is 159 Å². The maximum Gasteiger partial charge on any atom is 0.326 e. The number of nitrogens with two attached hydrogens (primary N) is 1. The summed E-state index contributed by atoms with van der Waals surface area (Å²) in [4.78, 5) is 129. The van der Waals surface area contributed by atoms with E-state index >= 15 is 0 Å². The molecule has 5 rings (SSSR count). The summed E-state index contributed by atoms with van der Waals surface area (Å²) in [5.74, 6) is -8.03. The molecule has 19 heteroatoms. The number of carbonyl (C=O) groups is 9. The number of likely N-dealkylation sites (N-methyl/N-ethyl adjacent to an activating group) is 1. The summed E-state index contributed by atoms with van der Waals surface area (Å²) in [6, 6.07) is 4.03. The number of nitrogens with zero attached hydrogens (tertiary/aromatic N) is 3. The zero-order valence-corrected chi connectivity index (χ0v) is 40.4. The standard InChI is InChI=1S/C51H70N8O11/c1-31(2)25-37(50(68)59-40-19-11-10-18-35(40)28-42(59)48(66)57-39(51(69)70)27-33-15-8-5-9-16-33)56-47(65)41(29-45(62)63)58(3)49(67)38(26-32-13-6-4-7-14-32)55-46(64)36(21-22-43(52)60)54-44(61)23-20-34-17-12-24-53-30-34/h5,8-9,12,15-17,20,23-24,30-32,35-42H,4,6-7,10-11,13-14,18-19,21-22,25-29H2,1-3H3,(H2,52,60)(H,54,61)(H,55,64)(H,56,65)(H,57,66)(H,62,63)(H,69,70)/b23-20+/t35-,36-,37-,38-,39-,40-,41-,42-/m0/s1. The smallest absolute Gasteiger partial charge is 0.326 e. The molecule has 0 unspecified atom stereocenters. The molecule has 3 aliphatic rings. The predicted molar refractivity (Wildman–Crippen MR) is 258 cm³/mol. The van der Waals surface area contributed by atoms with Crippen LogP contribution in [-0.2, 0) is 49.6 Å². The zero-order valence-electron chi connectivity index (χ0n) is 40.4. The highest BCUT2D eigenvalue weighted by atomic mass is 16.4. The lowest BCUT2D eigenvalue weighted by Crippen LogP contribution is -2.61. The summed E-state index contributed by atoms with van der Waals surface area (Å²) < 4.78 is 0. The molecular weight excluding hydrogens is 901 g/mol. The van der Waals surface area contributed by atoms with E-state index in [-0.39, 0.29) is 55.9 Å². The fourth-order valence-electron chi connectivity index (χ4n) is 10.1. The van der Waals surface area contributed by atoms with Crippen molar-refractivity contribution in [1.29, 1.82) is 0 Å². The van der Waals surface area contributed by atoms with Gasteiger partial charge in [0.25, 0.3) is 0 Å². The Morgan fingerprint density at radius 2 is 1.50 bits per heavy atom. The highest BCUT2D eigenvalue weighted by Gasteiger charge is 2.50. The van der Waals surface area contributed by atoms with Gasteiger partial charge in [-0.05, 0) is 79.5 Å². The number of carbonyl (C=O) groups excluding carboxylic acids is 7. The number of fused-ring (bicyclic) bond motifs is 1. The highest BCUT2D eigenvalue weighted by molar-refractivity contribution is 5.99. The lowest BCUT2D eigenvalue weighted by atomic mass is 9.84. The third-order valence-corrected chi connectivity index (χ3v) is 13.7. The Morgan fingerprint density at radius 1 is 0.814 bits per heavy atom. The van der Waals surface area contributed by atoms with E-state index in [0.29, 0.717) is 24.0 Å². The van der Waals surface area contributed by atoms with Gasteiger partial charge in [-0.3, -0.25) is 43.3 Å². The fraction of sp³-hybridized carbons (Fsp3) is 0.569. The van der Waals surface area contributed by atoms with E-state index < -0.39 is 96.0 Å². The van der Waals surface area contributed by atoms with Crippen molar-refractivity contribution in [3.05, 3.63) is 72.1 Å². The van der Waals surface area contributed by atoms with Crippen LogP contribution in [0.3, 0.4) is 0 Å². The van der Waals surface area contributed by atoms with E-state index in [0.717, 1.165) is 56.3 Å². The number of aliphatic carboxylic acids is 2. The van der Waals surface area contributed by atoms with Crippen LogP contribution in [0.4, 0.5) is 0 Å². The van der Waals surface area contributed by atoms with E-state index in [4.69, 9.17) is 5.73 Å². The van der Waals surface area contributed by atoms with Gasteiger partial charge in [-0.15, -0.1) is 0 Å². The molecule has 8 atom stereocenters. The van der Waals surface area contributed by atoms with Gasteiger partial charge in [-0.25, -0.2) is 4.79 Å². The molecule has 1 aromatic carbocycles. The van der Waals surface area contributed by atoms with E-state index in [1.54, 1.807) is 48.7 Å². The molecule has 1 saturated heterocycles. The Labute approximate surface area is 409 Å². The number of pyridine rings is 1. The summed E-state index contributed by atoms with van der Waals surface area (Å²) in [5, 5.41) is 31.0. The van der Waals surface area contributed by atoms with Gasteiger partial charge in [0.1, 0.15) is 36.3 Å². The Morgan fingerprint density at radius 3 is 2.14 bits per heavy atom. The molecular formula is C51H70N8O11. The molecule has 0 spiro atoms. The molecule has 2 aliphatic carbocycles. The van der Waals surface area contributed by atoms with Crippen LogP contribution in [0.5, 0.6) is 0 Å². The number of aromatic nitrogens is 1. The molecule has 1 aromatic heterocycles. The van der Waals surface area contributed by atoms with E-state index in [1.807, 2.05) is 13.8 Å². The lowest BCUT2D eigenvalue weighted by molar-refractivity contribution is -0.149. The zero-order chi connectivity index (χ0) is 50.9.